The fourth-order valence-corrected chi connectivity index (χ4v) is 3.43. The molecule has 1 aliphatic rings. The van der Waals surface area contributed by atoms with Gasteiger partial charge in [-0.2, -0.15) is 5.10 Å². The zero-order chi connectivity index (χ0) is 15.8. The molecule has 1 fully saturated rings. The standard InChI is InChI=1S/C17H18FN5/c18-12-5-3-4-11(8-12)9-14-15-16(19)20-10-21-17(15)23(22-14)13-6-1-2-7-13/h3-5,8,10,13H,1-2,6-7,9H2,(H2,19,20,21). The molecule has 2 aromatic heterocycles. The van der Waals surface area contributed by atoms with Gasteiger partial charge in [0.2, 0.25) is 0 Å². The second-order valence-corrected chi connectivity index (χ2v) is 6.09. The molecule has 1 aliphatic carbocycles. The van der Waals surface area contributed by atoms with Crippen molar-refractivity contribution in [1.29, 1.82) is 0 Å². The van der Waals surface area contributed by atoms with Crippen LogP contribution in [0.3, 0.4) is 0 Å². The summed E-state index contributed by atoms with van der Waals surface area (Å²) in [4.78, 5) is 8.51. The number of fused-ring (bicyclic) bond motifs is 1. The summed E-state index contributed by atoms with van der Waals surface area (Å²) < 4.78 is 15.4. The highest BCUT2D eigenvalue weighted by Crippen LogP contribution is 2.33. The van der Waals surface area contributed by atoms with E-state index in [1.807, 2.05) is 10.7 Å². The van der Waals surface area contributed by atoms with Crippen LogP contribution < -0.4 is 5.73 Å². The van der Waals surface area contributed by atoms with E-state index in [4.69, 9.17) is 10.8 Å². The second kappa shape index (κ2) is 5.61. The largest absolute Gasteiger partial charge is 0.383 e. The smallest absolute Gasteiger partial charge is 0.163 e. The molecule has 1 aromatic carbocycles. The average Bonchev–Trinajstić information content (AvgIpc) is 3.16. The van der Waals surface area contributed by atoms with Gasteiger partial charge in [-0.3, -0.25) is 0 Å². The number of anilines is 1. The van der Waals surface area contributed by atoms with Crippen molar-refractivity contribution in [3.8, 4) is 0 Å². The minimum Gasteiger partial charge on any atom is -0.383 e. The lowest BCUT2D eigenvalue weighted by Crippen LogP contribution is -2.07. The van der Waals surface area contributed by atoms with E-state index < -0.39 is 0 Å². The van der Waals surface area contributed by atoms with Gasteiger partial charge in [-0.05, 0) is 30.5 Å². The molecule has 118 valence electrons. The first-order valence-corrected chi connectivity index (χ1v) is 7.94. The highest BCUT2D eigenvalue weighted by atomic mass is 19.1. The second-order valence-electron chi connectivity index (χ2n) is 6.09. The molecule has 5 nitrogen and oxygen atoms in total. The van der Waals surface area contributed by atoms with Crippen LogP contribution in [0, 0.1) is 5.82 Å². The lowest BCUT2D eigenvalue weighted by molar-refractivity contribution is 0.475. The number of rotatable bonds is 3. The van der Waals surface area contributed by atoms with E-state index in [9.17, 15) is 4.39 Å². The van der Waals surface area contributed by atoms with Gasteiger partial charge in [0.05, 0.1) is 17.1 Å². The molecule has 23 heavy (non-hydrogen) atoms. The van der Waals surface area contributed by atoms with E-state index in [0.29, 0.717) is 18.3 Å². The van der Waals surface area contributed by atoms with Crippen LogP contribution in [-0.4, -0.2) is 19.7 Å². The Balaban J connectivity index is 1.82. The van der Waals surface area contributed by atoms with Gasteiger partial charge in [0.25, 0.3) is 0 Å². The SMILES string of the molecule is Nc1ncnc2c1c(Cc1cccc(F)c1)nn2C1CCCC1. The van der Waals surface area contributed by atoms with Gasteiger partial charge in [-0.15, -0.1) is 0 Å². The highest BCUT2D eigenvalue weighted by Gasteiger charge is 2.23. The van der Waals surface area contributed by atoms with Crippen molar-refractivity contribution in [2.75, 3.05) is 5.73 Å². The molecule has 3 aromatic rings. The van der Waals surface area contributed by atoms with Crippen molar-refractivity contribution in [1.82, 2.24) is 19.7 Å². The molecule has 0 amide bonds. The Bertz CT molecular complexity index is 851. The fourth-order valence-electron chi connectivity index (χ4n) is 3.43. The van der Waals surface area contributed by atoms with Crippen LogP contribution in [0.1, 0.15) is 43.0 Å². The van der Waals surface area contributed by atoms with Gasteiger partial charge in [0.15, 0.2) is 5.65 Å². The molecular formula is C17H18FN5. The Morgan fingerprint density at radius 3 is 2.83 bits per heavy atom. The molecule has 2 heterocycles. The quantitative estimate of drug-likeness (QED) is 0.806. The molecule has 2 N–H and O–H groups in total. The summed E-state index contributed by atoms with van der Waals surface area (Å²) in [6.07, 6.45) is 6.65. The minimum absolute atomic E-state index is 0.244. The molecule has 4 rings (SSSR count). The maximum Gasteiger partial charge on any atom is 0.163 e. The Hall–Kier alpha value is -2.50. The number of halogens is 1. The van der Waals surface area contributed by atoms with Crippen molar-refractivity contribution in [3.05, 3.63) is 47.7 Å². The van der Waals surface area contributed by atoms with E-state index in [0.717, 1.165) is 35.1 Å². The molecule has 0 aliphatic heterocycles. The Kier molecular flexibility index (Phi) is 3.44. The van der Waals surface area contributed by atoms with E-state index >= 15 is 0 Å². The van der Waals surface area contributed by atoms with Gasteiger partial charge in [0.1, 0.15) is 18.0 Å². The molecule has 6 heteroatoms. The summed E-state index contributed by atoms with van der Waals surface area (Å²) in [6, 6.07) is 6.94. The van der Waals surface area contributed by atoms with Gasteiger partial charge in [-0.25, -0.2) is 19.0 Å². The molecule has 0 unspecified atom stereocenters. The third kappa shape index (κ3) is 2.54. The maximum atomic E-state index is 13.4. The monoisotopic (exact) mass is 311 g/mol. The molecule has 0 radical (unpaired) electrons. The number of hydrogen-bond acceptors (Lipinski definition) is 4. The lowest BCUT2D eigenvalue weighted by Gasteiger charge is -2.10. The number of aromatic nitrogens is 4. The van der Waals surface area contributed by atoms with Crippen LogP contribution in [0.4, 0.5) is 10.2 Å². The fraction of sp³-hybridized carbons (Fsp3) is 0.353. The topological polar surface area (TPSA) is 69.6 Å². The summed E-state index contributed by atoms with van der Waals surface area (Å²) in [5.74, 6) is 0.192. The van der Waals surface area contributed by atoms with Crippen LogP contribution in [-0.2, 0) is 6.42 Å². The van der Waals surface area contributed by atoms with Crippen LogP contribution >= 0.6 is 0 Å². The predicted molar refractivity (Wildman–Crippen MR) is 86.4 cm³/mol. The van der Waals surface area contributed by atoms with E-state index in [2.05, 4.69) is 9.97 Å². The Morgan fingerprint density at radius 1 is 1.22 bits per heavy atom. The number of hydrogen-bond donors (Lipinski definition) is 1. The molecule has 0 bridgehead atoms. The van der Waals surface area contributed by atoms with Gasteiger partial charge in [-0.1, -0.05) is 25.0 Å². The van der Waals surface area contributed by atoms with Gasteiger partial charge in [0, 0.05) is 6.42 Å². The summed E-state index contributed by atoms with van der Waals surface area (Å²) in [6.45, 7) is 0. The van der Waals surface area contributed by atoms with E-state index in [1.54, 1.807) is 6.07 Å². The Labute approximate surface area is 133 Å². The third-order valence-corrected chi connectivity index (χ3v) is 4.52. The van der Waals surface area contributed by atoms with Crippen molar-refractivity contribution in [2.45, 2.75) is 38.1 Å². The van der Waals surface area contributed by atoms with Crippen molar-refractivity contribution in [2.24, 2.45) is 0 Å². The maximum absolute atomic E-state index is 13.4. The van der Waals surface area contributed by atoms with E-state index in [1.165, 1.54) is 31.3 Å². The lowest BCUT2D eigenvalue weighted by atomic mass is 10.1. The third-order valence-electron chi connectivity index (χ3n) is 4.52. The Morgan fingerprint density at radius 2 is 2.04 bits per heavy atom. The summed E-state index contributed by atoms with van der Waals surface area (Å²) in [5.41, 5.74) is 8.54. The molecule has 1 saturated carbocycles. The average molecular weight is 311 g/mol. The number of nitrogens with two attached hydrogens (primary N) is 1. The summed E-state index contributed by atoms with van der Waals surface area (Å²) >= 11 is 0. The van der Waals surface area contributed by atoms with Crippen LogP contribution in [0.2, 0.25) is 0 Å². The minimum atomic E-state index is -0.244. The molecule has 0 atom stereocenters. The van der Waals surface area contributed by atoms with Crippen molar-refractivity contribution >= 4 is 16.9 Å². The number of nitrogen functional groups attached to an aromatic ring is 1. The zero-order valence-corrected chi connectivity index (χ0v) is 12.7. The normalized spacial score (nSPS) is 15.5. The molecule has 0 saturated heterocycles. The zero-order valence-electron chi connectivity index (χ0n) is 12.7. The summed E-state index contributed by atoms with van der Waals surface area (Å²) in [7, 11) is 0. The number of benzene rings is 1. The van der Waals surface area contributed by atoms with Crippen LogP contribution in [0.25, 0.3) is 11.0 Å². The summed E-state index contributed by atoms with van der Waals surface area (Å²) in [5, 5.41) is 5.56. The molecule has 0 spiro atoms. The highest BCUT2D eigenvalue weighted by molar-refractivity contribution is 5.88. The van der Waals surface area contributed by atoms with Crippen molar-refractivity contribution < 1.29 is 4.39 Å². The van der Waals surface area contributed by atoms with Gasteiger partial charge < -0.3 is 5.73 Å². The van der Waals surface area contributed by atoms with Crippen LogP contribution in [0.5, 0.6) is 0 Å². The van der Waals surface area contributed by atoms with E-state index in [-0.39, 0.29) is 5.82 Å². The first-order valence-electron chi connectivity index (χ1n) is 7.94. The molecular weight excluding hydrogens is 293 g/mol. The van der Waals surface area contributed by atoms with Gasteiger partial charge >= 0.3 is 0 Å². The first kappa shape index (κ1) is 14.1. The van der Waals surface area contributed by atoms with Crippen LogP contribution in [0.15, 0.2) is 30.6 Å². The number of nitrogens with zero attached hydrogens (tertiary/aromatic N) is 4. The van der Waals surface area contributed by atoms with Crippen molar-refractivity contribution in [3.63, 3.8) is 0 Å². The first-order chi connectivity index (χ1) is 11.2. The predicted octanol–water partition coefficient (Wildman–Crippen LogP) is 3.25.